The molecule has 4 aromatic rings. The number of anilines is 1. The SMILES string of the molecule is CS(=O)(=O)c1ccc(-c2sc(NCc3ccccc3)nc2-c2ccncc2)cc1. The molecule has 0 fully saturated rings. The molecule has 0 spiro atoms. The summed E-state index contributed by atoms with van der Waals surface area (Å²) in [6.07, 6.45) is 4.69. The van der Waals surface area contributed by atoms with Crippen LogP contribution in [-0.4, -0.2) is 24.6 Å². The minimum atomic E-state index is -3.23. The monoisotopic (exact) mass is 421 g/mol. The first-order valence-electron chi connectivity index (χ1n) is 9.00. The van der Waals surface area contributed by atoms with E-state index in [2.05, 4.69) is 22.4 Å². The normalized spacial score (nSPS) is 11.3. The quantitative estimate of drug-likeness (QED) is 0.480. The van der Waals surface area contributed by atoms with Crippen LogP contribution in [0.25, 0.3) is 21.7 Å². The summed E-state index contributed by atoms with van der Waals surface area (Å²) in [6.45, 7) is 0.677. The van der Waals surface area contributed by atoms with E-state index in [1.54, 1.807) is 35.9 Å². The molecule has 0 atom stereocenters. The third kappa shape index (κ3) is 4.52. The Balaban J connectivity index is 1.70. The zero-order chi connectivity index (χ0) is 20.3. The first kappa shape index (κ1) is 19.3. The molecule has 2 heterocycles. The maximum atomic E-state index is 11.8. The summed E-state index contributed by atoms with van der Waals surface area (Å²) < 4.78 is 23.5. The predicted molar refractivity (Wildman–Crippen MR) is 118 cm³/mol. The number of hydrogen-bond acceptors (Lipinski definition) is 6. The fraction of sp³-hybridized carbons (Fsp3) is 0.0909. The van der Waals surface area contributed by atoms with Crippen LogP contribution in [-0.2, 0) is 16.4 Å². The van der Waals surface area contributed by atoms with Crippen molar-refractivity contribution in [3.05, 3.63) is 84.7 Å². The van der Waals surface area contributed by atoms with Crippen LogP contribution in [0.4, 0.5) is 5.13 Å². The minimum absolute atomic E-state index is 0.304. The molecule has 7 heteroatoms. The number of hydrogen-bond donors (Lipinski definition) is 1. The Hall–Kier alpha value is -3.03. The molecular weight excluding hydrogens is 402 g/mol. The van der Waals surface area contributed by atoms with Crippen LogP contribution in [0.3, 0.4) is 0 Å². The van der Waals surface area contributed by atoms with Gasteiger partial charge in [0.15, 0.2) is 15.0 Å². The van der Waals surface area contributed by atoms with Crippen molar-refractivity contribution in [1.29, 1.82) is 0 Å². The average Bonchev–Trinajstić information content (AvgIpc) is 3.17. The van der Waals surface area contributed by atoms with Gasteiger partial charge in [0, 0.05) is 30.8 Å². The lowest BCUT2D eigenvalue weighted by molar-refractivity contribution is 0.602. The van der Waals surface area contributed by atoms with Crippen LogP contribution in [0.1, 0.15) is 5.56 Å². The third-order valence-corrected chi connectivity index (χ3v) is 6.60. The molecule has 0 amide bonds. The van der Waals surface area contributed by atoms with Crippen molar-refractivity contribution >= 4 is 26.3 Å². The molecule has 0 aliphatic carbocycles. The molecule has 0 unspecified atom stereocenters. The highest BCUT2D eigenvalue weighted by Gasteiger charge is 2.16. The van der Waals surface area contributed by atoms with Gasteiger partial charge >= 0.3 is 0 Å². The average molecular weight is 422 g/mol. The maximum Gasteiger partial charge on any atom is 0.184 e. The van der Waals surface area contributed by atoms with Gasteiger partial charge < -0.3 is 5.32 Å². The second-order valence-electron chi connectivity index (χ2n) is 6.57. The summed E-state index contributed by atoms with van der Waals surface area (Å²) in [7, 11) is -3.23. The van der Waals surface area contributed by atoms with Crippen LogP contribution < -0.4 is 5.32 Å². The summed E-state index contributed by atoms with van der Waals surface area (Å²) in [5, 5.41) is 4.20. The molecule has 0 bridgehead atoms. The smallest absolute Gasteiger partial charge is 0.184 e. The van der Waals surface area contributed by atoms with Crippen molar-refractivity contribution < 1.29 is 8.42 Å². The van der Waals surface area contributed by atoms with Gasteiger partial charge in [-0.3, -0.25) is 4.98 Å². The molecule has 0 saturated carbocycles. The fourth-order valence-electron chi connectivity index (χ4n) is 2.92. The molecular formula is C22H19N3O2S2. The highest BCUT2D eigenvalue weighted by Crippen LogP contribution is 2.39. The van der Waals surface area contributed by atoms with E-state index < -0.39 is 9.84 Å². The minimum Gasteiger partial charge on any atom is -0.357 e. The lowest BCUT2D eigenvalue weighted by Gasteiger charge is -2.04. The Morgan fingerprint density at radius 1 is 0.897 bits per heavy atom. The van der Waals surface area contributed by atoms with Gasteiger partial charge in [-0.05, 0) is 35.4 Å². The van der Waals surface area contributed by atoms with E-state index in [1.165, 1.54) is 11.8 Å². The van der Waals surface area contributed by atoms with Gasteiger partial charge in [-0.15, -0.1) is 0 Å². The first-order chi connectivity index (χ1) is 14.0. The molecule has 4 rings (SSSR count). The largest absolute Gasteiger partial charge is 0.357 e. The maximum absolute atomic E-state index is 11.8. The molecule has 0 radical (unpaired) electrons. The van der Waals surface area contributed by atoms with E-state index in [9.17, 15) is 8.42 Å². The zero-order valence-corrected chi connectivity index (χ0v) is 17.4. The van der Waals surface area contributed by atoms with Crippen LogP contribution in [0.15, 0.2) is 84.0 Å². The van der Waals surface area contributed by atoms with E-state index in [-0.39, 0.29) is 0 Å². The Kier molecular flexibility index (Phi) is 5.42. The van der Waals surface area contributed by atoms with E-state index >= 15 is 0 Å². The number of thiazole rings is 1. The van der Waals surface area contributed by atoms with E-state index in [4.69, 9.17) is 4.98 Å². The molecule has 1 N–H and O–H groups in total. The van der Waals surface area contributed by atoms with Gasteiger partial charge in [0.05, 0.1) is 15.5 Å². The Morgan fingerprint density at radius 3 is 2.24 bits per heavy atom. The molecule has 2 aromatic carbocycles. The fourth-order valence-corrected chi connectivity index (χ4v) is 4.54. The second-order valence-corrected chi connectivity index (χ2v) is 9.58. The number of aromatic nitrogens is 2. The Bertz CT molecular complexity index is 1200. The summed E-state index contributed by atoms with van der Waals surface area (Å²) >= 11 is 1.55. The van der Waals surface area contributed by atoms with Crippen molar-refractivity contribution in [2.24, 2.45) is 0 Å². The second kappa shape index (κ2) is 8.14. The van der Waals surface area contributed by atoms with Crippen LogP contribution in [0.5, 0.6) is 0 Å². The number of pyridine rings is 1. The number of rotatable bonds is 6. The molecule has 2 aromatic heterocycles. The number of sulfone groups is 1. The van der Waals surface area contributed by atoms with Gasteiger partial charge in [0.1, 0.15) is 0 Å². The molecule has 0 aliphatic heterocycles. The van der Waals surface area contributed by atoms with Crippen molar-refractivity contribution in [3.63, 3.8) is 0 Å². The van der Waals surface area contributed by atoms with E-state index in [0.717, 1.165) is 26.8 Å². The van der Waals surface area contributed by atoms with E-state index in [0.29, 0.717) is 11.4 Å². The van der Waals surface area contributed by atoms with Crippen molar-refractivity contribution in [1.82, 2.24) is 9.97 Å². The van der Waals surface area contributed by atoms with Crippen LogP contribution in [0, 0.1) is 0 Å². The van der Waals surface area contributed by atoms with Crippen LogP contribution >= 0.6 is 11.3 Å². The highest BCUT2D eigenvalue weighted by molar-refractivity contribution is 7.90. The van der Waals surface area contributed by atoms with Crippen LogP contribution in [0.2, 0.25) is 0 Å². The summed E-state index contributed by atoms with van der Waals surface area (Å²) in [4.78, 5) is 10.2. The van der Waals surface area contributed by atoms with Crippen molar-refractivity contribution in [2.75, 3.05) is 11.6 Å². The molecule has 5 nitrogen and oxygen atoms in total. The summed E-state index contributed by atoms with van der Waals surface area (Å²) in [6, 6.07) is 20.9. The lowest BCUT2D eigenvalue weighted by atomic mass is 10.1. The zero-order valence-electron chi connectivity index (χ0n) is 15.7. The van der Waals surface area contributed by atoms with Crippen molar-refractivity contribution in [3.8, 4) is 21.7 Å². The lowest BCUT2D eigenvalue weighted by Crippen LogP contribution is -1.98. The summed E-state index contributed by atoms with van der Waals surface area (Å²) in [5.74, 6) is 0. The number of nitrogens with one attached hydrogen (secondary N) is 1. The molecule has 29 heavy (non-hydrogen) atoms. The van der Waals surface area contributed by atoms with Gasteiger partial charge in [0.25, 0.3) is 0 Å². The third-order valence-electron chi connectivity index (χ3n) is 4.41. The predicted octanol–water partition coefficient (Wildman–Crippen LogP) is 4.89. The Labute approximate surface area is 174 Å². The molecule has 146 valence electrons. The highest BCUT2D eigenvalue weighted by atomic mass is 32.2. The van der Waals surface area contributed by atoms with Crippen molar-refractivity contribution in [2.45, 2.75) is 11.4 Å². The van der Waals surface area contributed by atoms with Gasteiger partial charge in [0.2, 0.25) is 0 Å². The number of nitrogens with zero attached hydrogens (tertiary/aromatic N) is 2. The first-order valence-corrected chi connectivity index (χ1v) is 11.7. The van der Waals surface area contributed by atoms with Gasteiger partial charge in [-0.1, -0.05) is 53.8 Å². The molecule has 0 saturated heterocycles. The summed E-state index contributed by atoms with van der Waals surface area (Å²) in [5.41, 5.74) is 3.91. The molecule has 0 aliphatic rings. The Morgan fingerprint density at radius 2 is 1.59 bits per heavy atom. The van der Waals surface area contributed by atoms with Gasteiger partial charge in [-0.25, -0.2) is 13.4 Å². The topological polar surface area (TPSA) is 72.0 Å². The van der Waals surface area contributed by atoms with Gasteiger partial charge in [-0.2, -0.15) is 0 Å². The van der Waals surface area contributed by atoms with E-state index in [1.807, 2.05) is 42.5 Å². The number of benzene rings is 2. The standard InChI is InChI=1S/C22H19N3O2S2/c1-29(26,27)19-9-7-18(8-10-19)21-20(17-11-13-23-14-12-17)25-22(28-21)24-15-16-5-3-2-4-6-16/h2-14H,15H2,1H3,(H,24,25).